The van der Waals surface area contributed by atoms with Gasteiger partial charge in [0.2, 0.25) is 0 Å². The fraction of sp³-hybridized carbons (Fsp3) is 0.300. The smallest absolute Gasteiger partial charge is 0.250 e. The second-order valence-electron chi connectivity index (χ2n) is 2.36. The second-order valence-corrected chi connectivity index (χ2v) is 2.36. The SMILES string of the molecule is C=C(/C=C(\C=C/C)OC)C(=O)NC. The lowest BCUT2D eigenvalue weighted by Crippen LogP contribution is -2.18. The number of methoxy groups -OCH3 is 1. The van der Waals surface area contributed by atoms with Crippen molar-refractivity contribution >= 4 is 5.91 Å². The van der Waals surface area contributed by atoms with Gasteiger partial charge in [0, 0.05) is 12.6 Å². The third kappa shape index (κ3) is 4.15. The maximum Gasteiger partial charge on any atom is 0.250 e. The van der Waals surface area contributed by atoms with Crippen LogP contribution in [0.15, 0.2) is 36.1 Å². The summed E-state index contributed by atoms with van der Waals surface area (Å²) in [4.78, 5) is 11.0. The van der Waals surface area contributed by atoms with E-state index in [9.17, 15) is 4.79 Å². The molecule has 0 aliphatic carbocycles. The fourth-order valence-corrected chi connectivity index (χ4v) is 0.737. The van der Waals surface area contributed by atoms with Crippen LogP contribution in [0.3, 0.4) is 0 Å². The van der Waals surface area contributed by atoms with E-state index in [-0.39, 0.29) is 5.91 Å². The highest BCUT2D eigenvalue weighted by Gasteiger charge is 2.01. The molecular weight excluding hydrogens is 166 g/mol. The van der Waals surface area contributed by atoms with Gasteiger partial charge in [-0.2, -0.15) is 0 Å². The molecule has 0 heterocycles. The van der Waals surface area contributed by atoms with Crippen molar-refractivity contribution in [3.8, 4) is 0 Å². The molecule has 0 atom stereocenters. The van der Waals surface area contributed by atoms with Crippen molar-refractivity contribution in [3.05, 3.63) is 36.1 Å². The van der Waals surface area contributed by atoms with Crippen LogP contribution in [0.4, 0.5) is 0 Å². The first kappa shape index (κ1) is 11.5. The average Bonchev–Trinajstić information content (AvgIpc) is 2.15. The highest BCUT2D eigenvalue weighted by Crippen LogP contribution is 2.03. The van der Waals surface area contributed by atoms with Gasteiger partial charge in [-0.3, -0.25) is 4.79 Å². The van der Waals surface area contributed by atoms with Crippen molar-refractivity contribution in [2.45, 2.75) is 6.92 Å². The van der Waals surface area contributed by atoms with Crippen molar-refractivity contribution in [1.82, 2.24) is 5.32 Å². The van der Waals surface area contributed by atoms with Crippen molar-refractivity contribution in [2.24, 2.45) is 0 Å². The largest absolute Gasteiger partial charge is 0.497 e. The van der Waals surface area contributed by atoms with Crippen molar-refractivity contribution in [2.75, 3.05) is 14.2 Å². The van der Waals surface area contributed by atoms with E-state index in [0.717, 1.165) is 0 Å². The van der Waals surface area contributed by atoms with Gasteiger partial charge >= 0.3 is 0 Å². The predicted molar refractivity (Wildman–Crippen MR) is 53.1 cm³/mol. The Bertz CT molecular complexity index is 252. The molecule has 0 radical (unpaired) electrons. The average molecular weight is 181 g/mol. The number of hydrogen-bond donors (Lipinski definition) is 1. The molecule has 0 aromatic rings. The number of likely N-dealkylation sites (N-methyl/N-ethyl adjacent to an activating group) is 1. The molecule has 3 nitrogen and oxygen atoms in total. The molecular formula is C10H15NO2. The maximum absolute atomic E-state index is 11.0. The summed E-state index contributed by atoms with van der Waals surface area (Å²) in [5.74, 6) is 0.398. The lowest BCUT2D eigenvalue weighted by molar-refractivity contribution is -0.116. The first-order chi connectivity index (χ1) is 6.15. The van der Waals surface area contributed by atoms with Gasteiger partial charge in [0.25, 0.3) is 5.91 Å². The van der Waals surface area contributed by atoms with E-state index >= 15 is 0 Å². The molecule has 72 valence electrons. The molecule has 0 spiro atoms. The Kier molecular flexibility index (Phi) is 5.35. The molecule has 0 saturated heterocycles. The number of allylic oxidation sites excluding steroid dienone is 2. The topological polar surface area (TPSA) is 38.3 Å². The van der Waals surface area contributed by atoms with Crippen LogP contribution < -0.4 is 5.32 Å². The fourth-order valence-electron chi connectivity index (χ4n) is 0.737. The summed E-state index contributed by atoms with van der Waals surface area (Å²) in [6.07, 6.45) is 5.17. The first-order valence-electron chi connectivity index (χ1n) is 3.95. The first-order valence-corrected chi connectivity index (χ1v) is 3.95. The Hall–Kier alpha value is -1.51. The van der Waals surface area contributed by atoms with Gasteiger partial charge in [0.05, 0.1) is 7.11 Å². The Morgan fingerprint density at radius 3 is 2.54 bits per heavy atom. The maximum atomic E-state index is 11.0. The highest BCUT2D eigenvalue weighted by molar-refractivity contribution is 5.95. The molecule has 0 unspecified atom stereocenters. The standard InChI is InChI=1S/C10H15NO2/c1-5-6-9(13-4)7-8(2)10(12)11-3/h5-7H,2H2,1,3-4H3,(H,11,12)/b6-5-,9-7+. The number of amides is 1. The van der Waals surface area contributed by atoms with Gasteiger partial charge in [-0.25, -0.2) is 0 Å². The molecule has 0 aliphatic heterocycles. The number of carbonyl (C=O) groups excluding carboxylic acids is 1. The number of hydrogen-bond acceptors (Lipinski definition) is 2. The van der Waals surface area contributed by atoms with Gasteiger partial charge in [-0.15, -0.1) is 0 Å². The monoisotopic (exact) mass is 181 g/mol. The molecule has 0 aliphatic rings. The second kappa shape index (κ2) is 6.06. The number of nitrogens with one attached hydrogen (secondary N) is 1. The minimum atomic E-state index is -0.209. The third-order valence-electron chi connectivity index (χ3n) is 1.40. The molecule has 0 rings (SSSR count). The Labute approximate surface area is 78.8 Å². The van der Waals surface area contributed by atoms with Crippen LogP contribution in [-0.4, -0.2) is 20.1 Å². The zero-order chi connectivity index (χ0) is 10.3. The molecule has 1 N–H and O–H groups in total. The lowest BCUT2D eigenvalue weighted by Gasteiger charge is -2.01. The zero-order valence-corrected chi connectivity index (χ0v) is 8.26. The normalized spacial score (nSPS) is 11.5. The summed E-state index contributed by atoms with van der Waals surface area (Å²) in [6.45, 7) is 5.46. The van der Waals surface area contributed by atoms with Crippen LogP contribution in [0.5, 0.6) is 0 Å². The molecule has 13 heavy (non-hydrogen) atoms. The molecule has 0 aromatic heterocycles. The van der Waals surface area contributed by atoms with Crippen molar-refractivity contribution < 1.29 is 9.53 Å². The van der Waals surface area contributed by atoms with Crippen LogP contribution in [0.25, 0.3) is 0 Å². The molecule has 3 heteroatoms. The van der Waals surface area contributed by atoms with E-state index in [1.165, 1.54) is 0 Å². The summed E-state index contributed by atoms with van der Waals surface area (Å²) in [6, 6.07) is 0. The molecule has 1 amide bonds. The third-order valence-corrected chi connectivity index (χ3v) is 1.40. The van der Waals surface area contributed by atoms with Gasteiger partial charge in [-0.05, 0) is 19.1 Å². The predicted octanol–water partition coefficient (Wildman–Crippen LogP) is 1.40. The summed E-state index contributed by atoms with van der Waals surface area (Å²) in [5, 5.41) is 2.47. The number of ether oxygens (including phenoxy) is 1. The van der Waals surface area contributed by atoms with Crippen LogP contribution in [-0.2, 0) is 9.53 Å². The number of carbonyl (C=O) groups is 1. The summed E-state index contributed by atoms with van der Waals surface area (Å²) >= 11 is 0. The van der Waals surface area contributed by atoms with E-state index in [1.807, 2.05) is 13.0 Å². The van der Waals surface area contributed by atoms with Gasteiger partial charge in [0.1, 0.15) is 5.76 Å². The van der Waals surface area contributed by atoms with E-state index in [1.54, 1.807) is 26.3 Å². The minimum Gasteiger partial charge on any atom is -0.497 e. The summed E-state index contributed by atoms with van der Waals surface area (Å²) in [7, 11) is 3.10. The van der Waals surface area contributed by atoms with E-state index in [2.05, 4.69) is 11.9 Å². The lowest BCUT2D eigenvalue weighted by atomic mass is 10.2. The Morgan fingerprint density at radius 1 is 1.54 bits per heavy atom. The van der Waals surface area contributed by atoms with Crippen LogP contribution in [0.2, 0.25) is 0 Å². The molecule has 0 aromatic carbocycles. The quantitative estimate of drug-likeness (QED) is 0.404. The van der Waals surface area contributed by atoms with E-state index in [4.69, 9.17) is 4.74 Å². The van der Waals surface area contributed by atoms with Gasteiger partial charge in [0.15, 0.2) is 0 Å². The molecule has 0 saturated carbocycles. The Balaban J connectivity index is 4.51. The number of rotatable bonds is 4. The van der Waals surface area contributed by atoms with Crippen molar-refractivity contribution in [3.63, 3.8) is 0 Å². The Morgan fingerprint density at radius 2 is 2.15 bits per heavy atom. The highest BCUT2D eigenvalue weighted by atomic mass is 16.5. The summed E-state index contributed by atoms with van der Waals surface area (Å²) in [5.41, 5.74) is 0.373. The van der Waals surface area contributed by atoms with Gasteiger partial charge < -0.3 is 10.1 Å². The minimum absolute atomic E-state index is 0.209. The van der Waals surface area contributed by atoms with Gasteiger partial charge in [-0.1, -0.05) is 12.7 Å². The van der Waals surface area contributed by atoms with E-state index < -0.39 is 0 Å². The molecule has 0 fully saturated rings. The van der Waals surface area contributed by atoms with Crippen LogP contribution >= 0.6 is 0 Å². The van der Waals surface area contributed by atoms with Crippen LogP contribution in [0.1, 0.15) is 6.92 Å². The van der Waals surface area contributed by atoms with E-state index in [0.29, 0.717) is 11.3 Å². The zero-order valence-electron chi connectivity index (χ0n) is 8.26. The van der Waals surface area contributed by atoms with Crippen molar-refractivity contribution in [1.29, 1.82) is 0 Å². The summed E-state index contributed by atoms with van der Waals surface area (Å²) < 4.78 is 4.99. The van der Waals surface area contributed by atoms with Crippen LogP contribution in [0, 0.1) is 0 Å². The molecule has 0 bridgehead atoms.